The number of esters is 1. The molecule has 0 spiro atoms. The molecule has 4 nitrogen and oxygen atoms in total. The van der Waals surface area contributed by atoms with Gasteiger partial charge in [-0.3, -0.25) is 4.79 Å². The lowest BCUT2D eigenvalue weighted by atomic mass is 10.0. The summed E-state index contributed by atoms with van der Waals surface area (Å²) in [5, 5.41) is 10.2. The minimum atomic E-state index is -3.17. The maximum absolute atomic E-state index is 12.5. The van der Waals surface area contributed by atoms with Crippen LogP contribution in [-0.2, 0) is 14.0 Å². The van der Waals surface area contributed by atoms with E-state index in [4.69, 9.17) is 19.1 Å². The Morgan fingerprint density at radius 3 is 1.94 bits per heavy atom. The van der Waals surface area contributed by atoms with Crippen LogP contribution in [0.2, 0.25) is 0 Å². The standard InChI is InChI=1S/C27H56BO4PSi/c1-3-5-7-9-11-12-13-14-16-18-23-27(30)32-26(21-17-15-10-8-6-4-2)22-19-20-25(29)24-31-34(28)33/h25-26,29,34H,3-24,33H2,1-2H3/t25-,26?,34?/m0/s1/i33T,34D/t25-,26?,33?,34?. The maximum atomic E-state index is 12.5. The van der Waals surface area contributed by atoms with Gasteiger partial charge in [0.15, 0.2) is 0 Å². The molecule has 0 rings (SSSR count). The molecule has 0 saturated carbocycles. The summed E-state index contributed by atoms with van der Waals surface area (Å²) in [6, 6.07) is 0. The van der Waals surface area contributed by atoms with Crippen molar-refractivity contribution in [2.24, 2.45) is 0 Å². The Balaban J connectivity index is 4.19. The topological polar surface area (TPSA) is 55.8 Å². The first-order chi connectivity index (χ1) is 17.3. The van der Waals surface area contributed by atoms with Crippen molar-refractivity contribution in [2.75, 3.05) is 6.61 Å². The zero-order valence-electron chi connectivity index (χ0n) is 24.5. The molecule has 0 fully saturated rings. The molecular weight excluding hydrogens is 458 g/mol. The van der Waals surface area contributed by atoms with Gasteiger partial charge in [0.2, 0.25) is 0 Å². The summed E-state index contributed by atoms with van der Waals surface area (Å²) in [5.41, 5.74) is 0. The van der Waals surface area contributed by atoms with Crippen molar-refractivity contribution in [3.63, 3.8) is 0 Å². The van der Waals surface area contributed by atoms with Crippen LogP contribution in [0.3, 0.4) is 0 Å². The first kappa shape index (κ1) is 30.3. The highest BCUT2D eigenvalue weighted by Gasteiger charge is 2.15. The number of unbranched alkanes of at least 4 members (excludes halogenated alkanes) is 14. The molecule has 3 unspecified atom stereocenters. The van der Waals surface area contributed by atoms with Crippen molar-refractivity contribution in [3.8, 4) is 0 Å². The quantitative estimate of drug-likeness (QED) is 0.0539. The van der Waals surface area contributed by atoms with Gasteiger partial charge in [-0.15, -0.1) is 8.73 Å². The number of hydrogen-bond donors (Lipinski definition) is 1. The van der Waals surface area contributed by atoms with Gasteiger partial charge in [-0.05, 0) is 38.5 Å². The smallest absolute Gasteiger partial charge is 0.306 e. The van der Waals surface area contributed by atoms with Gasteiger partial charge < -0.3 is 14.3 Å². The molecule has 0 bridgehead atoms. The molecule has 0 aliphatic rings. The number of aliphatic hydroxyl groups excluding tert-OH is 1. The molecule has 0 aromatic heterocycles. The van der Waals surface area contributed by atoms with Gasteiger partial charge in [0.05, 0.1) is 21.4 Å². The number of carbonyl (C=O) groups is 1. The fourth-order valence-electron chi connectivity index (χ4n) is 4.27. The van der Waals surface area contributed by atoms with Gasteiger partial charge in [0.25, 0.3) is 0 Å². The van der Waals surface area contributed by atoms with E-state index in [-0.39, 0.29) is 18.7 Å². The summed E-state index contributed by atoms with van der Waals surface area (Å²) in [7, 11) is 1.98. The molecule has 0 aromatic rings. The van der Waals surface area contributed by atoms with Crippen LogP contribution >= 0.6 is 8.73 Å². The van der Waals surface area contributed by atoms with Crippen LogP contribution in [0, 0.1) is 0 Å². The highest BCUT2D eigenvalue weighted by Crippen LogP contribution is 2.18. The molecule has 0 aliphatic heterocycles. The fourth-order valence-corrected chi connectivity index (χ4v) is 4.89. The lowest BCUT2D eigenvalue weighted by molar-refractivity contribution is -0.150. The number of rotatable bonds is 27. The maximum Gasteiger partial charge on any atom is 0.306 e. The predicted octanol–water partition coefficient (Wildman–Crippen LogP) is 7.27. The third-order valence-electron chi connectivity index (χ3n) is 6.41. The van der Waals surface area contributed by atoms with Crippen LogP contribution in [0.5, 0.6) is 0 Å². The van der Waals surface area contributed by atoms with E-state index in [1.807, 2.05) is 0 Å². The van der Waals surface area contributed by atoms with Crippen molar-refractivity contribution < 1.29 is 19.1 Å². The molecule has 1 N–H and O–H groups in total. The van der Waals surface area contributed by atoms with E-state index in [0.29, 0.717) is 12.8 Å². The van der Waals surface area contributed by atoms with Gasteiger partial charge in [0.1, 0.15) is 14.6 Å². The van der Waals surface area contributed by atoms with E-state index in [9.17, 15) is 9.90 Å². The Morgan fingerprint density at radius 2 is 1.38 bits per heavy atom. The van der Waals surface area contributed by atoms with Crippen molar-refractivity contribution in [2.45, 2.75) is 161 Å². The molecule has 4 atom stereocenters. The number of aliphatic hydroxyl groups is 1. The first-order valence-corrected chi connectivity index (χ1v) is 17.3. The second-order valence-corrected chi connectivity index (χ2v) is 12.4. The Hall–Kier alpha value is 0.102. The van der Waals surface area contributed by atoms with E-state index in [1.54, 1.807) is 0 Å². The molecule has 0 aromatic carbocycles. The van der Waals surface area contributed by atoms with Gasteiger partial charge in [-0.1, -0.05) is 104 Å². The zero-order chi connectivity index (χ0) is 26.9. The van der Waals surface area contributed by atoms with Crippen LogP contribution in [-0.4, -0.2) is 48.4 Å². The van der Waals surface area contributed by atoms with Crippen LogP contribution in [0.25, 0.3) is 0 Å². The van der Waals surface area contributed by atoms with Gasteiger partial charge in [-0.2, -0.15) is 0 Å². The fraction of sp³-hybridized carbons (Fsp3) is 0.963. The third-order valence-corrected chi connectivity index (χ3v) is 7.32. The minimum Gasteiger partial charge on any atom is -0.462 e. The molecule has 2 radical (unpaired) electrons. The Kier molecular flexibility index (Phi) is 23.3. The molecule has 0 heterocycles. The molecule has 34 heavy (non-hydrogen) atoms. The van der Waals surface area contributed by atoms with E-state index in [0.717, 1.165) is 38.5 Å². The highest BCUT2D eigenvalue weighted by atomic mass is 31.3. The number of hydrogen-bond acceptors (Lipinski definition) is 4. The Bertz CT molecular complexity index is 506. The van der Waals surface area contributed by atoms with E-state index < -0.39 is 23.3 Å². The van der Waals surface area contributed by atoms with E-state index in [1.165, 1.54) is 83.5 Å². The Morgan fingerprint density at radius 1 is 0.882 bits per heavy atom. The number of ether oxygens (including phenoxy) is 1. The second kappa shape index (κ2) is 26.2. The van der Waals surface area contributed by atoms with Gasteiger partial charge in [0, 0.05) is 7.66 Å². The summed E-state index contributed by atoms with van der Waals surface area (Å²) in [5.74, 6) is -0.0843. The molecule has 7 heteroatoms. The van der Waals surface area contributed by atoms with Crippen LogP contribution in [0.1, 0.15) is 149 Å². The third kappa shape index (κ3) is 25.2. The van der Waals surface area contributed by atoms with Crippen LogP contribution in [0.15, 0.2) is 0 Å². The van der Waals surface area contributed by atoms with Gasteiger partial charge in [-0.25, -0.2) is 0 Å². The molecule has 0 aliphatic carbocycles. The van der Waals surface area contributed by atoms with Crippen molar-refractivity contribution in [3.05, 3.63) is 0 Å². The zero-order valence-corrected chi connectivity index (χ0v) is 24.5. The summed E-state index contributed by atoms with van der Waals surface area (Å²) >= 11 is 0. The lowest BCUT2D eigenvalue weighted by Crippen LogP contribution is -2.22. The highest BCUT2D eigenvalue weighted by molar-refractivity contribution is 7.70. The first-order valence-electron chi connectivity index (χ1n) is 15.3. The van der Waals surface area contributed by atoms with Crippen molar-refractivity contribution >= 4 is 30.7 Å². The molecule has 200 valence electrons. The SMILES string of the molecule is [2H][Si]([B])(OC[C@@H](O)CCCC(CCCCCCCC)OC(=O)CCCCCCCCCCCC)P[3H]. The summed E-state index contributed by atoms with van der Waals surface area (Å²) in [4.78, 5) is 12.5. The summed E-state index contributed by atoms with van der Waals surface area (Å²) in [6.07, 6.45) is 22.3. The largest absolute Gasteiger partial charge is 0.462 e. The second-order valence-electron chi connectivity index (χ2n) is 9.86. The monoisotopic (exact) mass is 517 g/mol. The molecule has 0 saturated heterocycles. The summed E-state index contributed by atoms with van der Waals surface area (Å²) < 4.78 is 26.1. The predicted molar refractivity (Wildman–Crippen MR) is 153 cm³/mol. The Labute approximate surface area is 219 Å². The van der Waals surface area contributed by atoms with Crippen molar-refractivity contribution in [1.29, 1.82) is 2.51 Å². The van der Waals surface area contributed by atoms with Crippen LogP contribution < -0.4 is 0 Å². The normalized spacial score (nSPS) is 16.2. The molecule has 0 amide bonds. The van der Waals surface area contributed by atoms with Crippen LogP contribution in [0.4, 0.5) is 0 Å². The minimum absolute atomic E-state index is 0.0126. The number of carbonyl (C=O) groups excluding carboxylic acids is 1. The lowest BCUT2D eigenvalue weighted by Gasteiger charge is -2.19. The van der Waals surface area contributed by atoms with Crippen molar-refractivity contribution in [1.82, 2.24) is 0 Å². The average Bonchev–Trinajstić information content (AvgIpc) is 2.86. The summed E-state index contributed by atoms with van der Waals surface area (Å²) in [6.45, 7) is 4.48. The van der Waals surface area contributed by atoms with E-state index >= 15 is 0 Å². The molecular formula is C27H56BO4PSi. The average molecular weight is 518 g/mol. The van der Waals surface area contributed by atoms with Gasteiger partial charge >= 0.3 is 5.97 Å². The van der Waals surface area contributed by atoms with E-state index in [2.05, 4.69) is 13.8 Å².